The third-order valence-corrected chi connectivity index (χ3v) is 6.45. The molecule has 3 aromatic heterocycles. The molecule has 1 amide bonds. The van der Waals surface area contributed by atoms with Crippen LogP contribution in [0.25, 0.3) is 21.6 Å². The topological polar surface area (TPSA) is 116 Å². The summed E-state index contributed by atoms with van der Waals surface area (Å²) in [6, 6.07) is 8.80. The van der Waals surface area contributed by atoms with Crippen molar-refractivity contribution in [3.63, 3.8) is 0 Å². The largest absolute Gasteiger partial charge is 0.447 e. The molecule has 1 aliphatic rings. The molecule has 0 spiro atoms. The first kappa shape index (κ1) is 20.7. The summed E-state index contributed by atoms with van der Waals surface area (Å²) in [5.74, 6) is 0.735. The van der Waals surface area contributed by atoms with Crippen molar-refractivity contribution in [2.45, 2.75) is 25.6 Å². The van der Waals surface area contributed by atoms with Crippen LogP contribution < -0.4 is 10.2 Å². The molecule has 0 bridgehead atoms. The lowest BCUT2D eigenvalue weighted by atomic mass is 10.2. The number of hydrogen-bond donors (Lipinski definition) is 3. The number of rotatable bonds is 6. The van der Waals surface area contributed by atoms with E-state index >= 15 is 0 Å². The molecule has 1 aromatic carbocycles. The normalized spacial score (nSPS) is 17.0. The van der Waals surface area contributed by atoms with Gasteiger partial charge in [-0.25, -0.2) is 9.78 Å². The molecule has 2 unspecified atom stereocenters. The van der Waals surface area contributed by atoms with Crippen LogP contribution in [-0.2, 0) is 11.3 Å². The number of nitrogens with one attached hydrogen (secondary N) is 2. The van der Waals surface area contributed by atoms with E-state index in [-0.39, 0.29) is 6.61 Å². The van der Waals surface area contributed by atoms with Crippen molar-refractivity contribution in [2.75, 3.05) is 16.8 Å². The number of nitrogens with zero attached hydrogens (tertiary/aromatic N) is 4. The van der Waals surface area contributed by atoms with Crippen LogP contribution in [0.1, 0.15) is 11.8 Å². The van der Waals surface area contributed by atoms with Gasteiger partial charge in [0.1, 0.15) is 23.3 Å². The Hall–Kier alpha value is -3.21. The minimum absolute atomic E-state index is 0.101. The molecule has 32 heavy (non-hydrogen) atoms. The number of benzene rings is 1. The molecule has 11 heteroatoms. The summed E-state index contributed by atoms with van der Waals surface area (Å²) in [5, 5.41) is 15.5. The minimum Gasteiger partial charge on any atom is -0.447 e. The Labute approximate surface area is 192 Å². The maximum atomic E-state index is 12.4. The van der Waals surface area contributed by atoms with E-state index in [2.05, 4.69) is 25.3 Å². The number of carbonyl (C=O) groups excluding carboxylic acids is 1. The molecule has 1 fully saturated rings. The maximum Gasteiger partial charge on any atom is 0.416 e. The Morgan fingerprint density at radius 3 is 2.94 bits per heavy atom. The van der Waals surface area contributed by atoms with Gasteiger partial charge in [-0.1, -0.05) is 23.7 Å². The summed E-state index contributed by atoms with van der Waals surface area (Å²) in [6.45, 7) is 2.18. The lowest BCUT2D eigenvalue weighted by molar-refractivity contribution is 0.142. The summed E-state index contributed by atoms with van der Waals surface area (Å²) in [6.07, 6.45) is 2.22. The zero-order valence-corrected chi connectivity index (χ0v) is 18.5. The van der Waals surface area contributed by atoms with Gasteiger partial charge in [0.25, 0.3) is 0 Å². The molecule has 2 atom stereocenters. The highest BCUT2D eigenvalue weighted by Gasteiger charge is 2.39. The average Bonchev–Trinajstić information content (AvgIpc) is 3.52. The van der Waals surface area contributed by atoms with Crippen molar-refractivity contribution in [1.29, 1.82) is 0 Å². The number of H-pyrrole nitrogens is 1. The van der Waals surface area contributed by atoms with Crippen molar-refractivity contribution in [2.24, 2.45) is 0 Å². The van der Waals surface area contributed by atoms with Crippen LogP contribution in [0.2, 0.25) is 5.02 Å². The predicted molar refractivity (Wildman–Crippen MR) is 123 cm³/mol. The van der Waals surface area contributed by atoms with Crippen molar-refractivity contribution >= 4 is 51.8 Å². The molecule has 9 nitrogen and oxygen atoms in total. The fraction of sp³-hybridized carbons (Fsp3) is 0.238. The van der Waals surface area contributed by atoms with Gasteiger partial charge in [-0.2, -0.15) is 9.97 Å². The zero-order chi connectivity index (χ0) is 22.2. The second-order valence-electron chi connectivity index (χ2n) is 7.36. The quantitative estimate of drug-likeness (QED) is 0.389. The van der Waals surface area contributed by atoms with Crippen LogP contribution in [0.4, 0.5) is 16.6 Å². The number of halogens is 1. The van der Waals surface area contributed by atoms with Gasteiger partial charge >= 0.3 is 6.09 Å². The number of hydrogen-bond acceptors (Lipinski definition) is 8. The molecule has 164 valence electrons. The number of aliphatic hydroxyl groups excluding tert-OH is 1. The average molecular weight is 471 g/mol. The van der Waals surface area contributed by atoms with Crippen LogP contribution in [0.5, 0.6) is 0 Å². The van der Waals surface area contributed by atoms with Gasteiger partial charge in [-0.15, -0.1) is 11.3 Å². The Morgan fingerprint density at radius 1 is 1.34 bits per heavy atom. The van der Waals surface area contributed by atoms with Crippen molar-refractivity contribution in [3.8, 4) is 10.6 Å². The number of amides is 1. The molecule has 0 radical (unpaired) electrons. The van der Waals surface area contributed by atoms with Gasteiger partial charge < -0.3 is 20.1 Å². The predicted octanol–water partition coefficient (Wildman–Crippen LogP) is 4.05. The molecule has 0 aliphatic carbocycles. The summed E-state index contributed by atoms with van der Waals surface area (Å²) in [4.78, 5) is 31.4. The van der Waals surface area contributed by atoms with Crippen LogP contribution in [0, 0.1) is 0 Å². The van der Waals surface area contributed by atoms with Gasteiger partial charge in [-0.05, 0) is 25.1 Å². The molecule has 1 aliphatic heterocycles. The number of aromatic amines is 1. The number of fused-ring (bicyclic) bond motifs is 1. The van der Waals surface area contributed by atoms with E-state index in [0.29, 0.717) is 34.4 Å². The van der Waals surface area contributed by atoms with E-state index < -0.39 is 18.2 Å². The molecule has 3 N–H and O–H groups in total. The second kappa shape index (κ2) is 8.38. The summed E-state index contributed by atoms with van der Waals surface area (Å²) < 4.78 is 5.16. The van der Waals surface area contributed by atoms with Gasteiger partial charge in [0.05, 0.1) is 18.0 Å². The van der Waals surface area contributed by atoms with Gasteiger partial charge in [-0.3, -0.25) is 4.90 Å². The number of cyclic esters (lactones) is 1. The molecule has 5 rings (SSSR count). The molecule has 1 saturated heterocycles. The minimum atomic E-state index is -0.773. The Kier molecular flexibility index (Phi) is 5.41. The fourth-order valence-corrected chi connectivity index (χ4v) is 4.49. The first-order valence-corrected chi connectivity index (χ1v) is 11.1. The molecular formula is C21H19ClN6O3S. The summed E-state index contributed by atoms with van der Waals surface area (Å²) >= 11 is 7.51. The monoisotopic (exact) mass is 470 g/mol. The number of ether oxygens (including phenoxy) is 1. The molecule has 4 aromatic rings. The van der Waals surface area contributed by atoms with Crippen molar-refractivity contribution in [1.82, 2.24) is 19.9 Å². The Balaban J connectivity index is 1.40. The standard InChI is InChI=1S/C21H19ClN6O3S/c1-11(29)16-10-31-21(30)28(16)18-15-6-7-23-17(15)26-20(27-18)25-9-14-8-24-19(32-14)12-2-4-13(22)5-3-12/h2-8,11,16,29H,9-10H2,1H3,(H2,23,25,26,27). The summed E-state index contributed by atoms with van der Waals surface area (Å²) in [7, 11) is 0. The molecular weight excluding hydrogens is 452 g/mol. The fourth-order valence-electron chi connectivity index (χ4n) is 3.50. The Bertz CT molecular complexity index is 1270. The number of thiazole rings is 1. The number of anilines is 2. The first-order valence-electron chi connectivity index (χ1n) is 9.93. The van der Waals surface area contributed by atoms with Gasteiger partial charge in [0, 0.05) is 27.9 Å². The van der Waals surface area contributed by atoms with Crippen molar-refractivity contribution < 1.29 is 14.6 Å². The van der Waals surface area contributed by atoms with Crippen LogP contribution >= 0.6 is 22.9 Å². The Morgan fingerprint density at radius 2 is 2.16 bits per heavy atom. The highest BCUT2D eigenvalue weighted by Crippen LogP contribution is 2.31. The van der Waals surface area contributed by atoms with Gasteiger partial charge in [0.2, 0.25) is 5.95 Å². The lowest BCUT2D eigenvalue weighted by Crippen LogP contribution is -2.41. The van der Waals surface area contributed by atoms with E-state index in [4.69, 9.17) is 16.3 Å². The van der Waals surface area contributed by atoms with E-state index in [0.717, 1.165) is 15.4 Å². The van der Waals surface area contributed by atoms with Crippen LogP contribution in [0.15, 0.2) is 42.7 Å². The van der Waals surface area contributed by atoms with E-state index in [9.17, 15) is 9.90 Å². The van der Waals surface area contributed by atoms with Gasteiger partial charge in [0.15, 0.2) is 5.82 Å². The van der Waals surface area contributed by atoms with Crippen LogP contribution in [0.3, 0.4) is 0 Å². The van der Waals surface area contributed by atoms with E-state index in [1.54, 1.807) is 36.7 Å². The zero-order valence-electron chi connectivity index (χ0n) is 16.9. The number of aromatic nitrogens is 4. The third-order valence-electron chi connectivity index (χ3n) is 5.15. The smallest absolute Gasteiger partial charge is 0.416 e. The van der Waals surface area contributed by atoms with E-state index in [1.807, 2.05) is 24.3 Å². The highest BCUT2D eigenvalue weighted by atomic mass is 35.5. The molecule has 0 saturated carbocycles. The molecule has 4 heterocycles. The second-order valence-corrected chi connectivity index (χ2v) is 8.91. The van der Waals surface area contributed by atoms with Crippen LogP contribution in [-0.4, -0.2) is 49.9 Å². The highest BCUT2D eigenvalue weighted by molar-refractivity contribution is 7.15. The van der Waals surface area contributed by atoms with Crippen molar-refractivity contribution in [3.05, 3.63) is 52.6 Å². The lowest BCUT2D eigenvalue weighted by Gasteiger charge is -2.23. The first-order chi connectivity index (χ1) is 15.5. The maximum absolute atomic E-state index is 12.4. The SMILES string of the molecule is CC(O)C1COC(=O)N1c1nc(NCc2cnc(-c3ccc(Cl)cc3)s2)nc2[nH]ccc12. The third kappa shape index (κ3) is 3.88. The van der Waals surface area contributed by atoms with E-state index in [1.165, 1.54) is 4.90 Å². The number of aliphatic hydroxyl groups is 1. The summed E-state index contributed by atoms with van der Waals surface area (Å²) in [5.41, 5.74) is 1.57. The number of carbonyl (C=O) groups is 1.